The van der Waals surface area contributed by atoms with E-state index < -0.39 is 24.0 Å². The van der Waals surface area contributed by atoms with Gasteiger partial charge in [0, 0.05) is 5.56 Å². The number of hydrogen-bond donors (Lipinski definition) is 0. The smallest absolute Gasteiger partial charge is 0.496 e. The van der Waals surface area contributed by atoms with Crippen LogP contribution in [0.3, 0.4) is 0 Å². The van der Waals surface area contributed by atoms with Crippen LogP contribution >= 0.6 is 0 Å². The number of rotatable bonds is 5. The van der Waals surface area contributed by atoms with E-state index >= 15 is 0 Å². The predicted molar refractivity (Wildman–Crippen MR) is 72.4 cm³/mol. The maximum Gasteiger partial charge on any atom is 1.00 e. The summed E-state index contributed by atoms with van der Waals surface area (Å²) in [7, 11) is 1.46. The zero-order valence-corrected chi connectivity index (χ0v) is 15.3. The van der Waals surface area contributed by atoms with Crippen LogP contribution < -0.4 is 66.3 Å². The van der Waals surface area contributed by atoms with E-state index in [4.69, 9.17) is 9.47 Å². The minimum absolute atomic E-state index is 0. The molecule has 112 valence electrons. The Labute approximate surface area is 168 Å². The summed E-state index contributed by atoms with van der Waals surface area (Å²) in [6.45, 7) is -5.28. The van der Waals surface area contributed by atoms with Crippen LogP contribution in [0.5, 0.6) is 11.5 Å². The van der Waals surface area contributed by atoms with Gasteiger partial charge in [-0.2, -0.15) is 0 Å². The van der Waals surface area contributed by atoms with Gasteiger partial charge in [0.15, 0.2) is 11.6 Å². The first-order chi connectivity index (χ1) is 9.91. The van der Waals surface area contributed by atoms with Gasteiger partial charge in [-0.1, -0.05) is 24.3 Å². The molecular weight excluding hydrogens is 326 g/mol. The SMILES string of the molecule is COc1ccccc1COc1cc([B-](F)(F)F)ccc1F.[K+]. The third-order valence-corrected chi connectivity index (χ3v) is 2.91. The molecule has 0 N–H and O–H groups in total. The Kier molecular flexibility index (Phi) is 7.41. The van der Waals surface area contributed by atoms with Gasteiger partial charge in [-0.25, -0.2) is 4.39 Å². The van der Waals surface area contributed by atoms with Gasteiger partial charge in [0.1, 0.15) is 12.4 Å². The summed E-state index contributed by atoms with van der Waals surface area (Å²) in [6, 6.07) is 8.97. The van der Waals surface area contributed by atoms with Crippen LogP contribution in [0.2, 0.25) is 0 Å². The normalized spacial score (nSPS) is 10.8. The molecule has 8 heteroatoms. The Balaban J connectivity index is 0.00000242. The molecule has 2 rings (SSSR count). The Hall–Kier alpha value is -0.539. The number of benzene rings is 2. The van der Waals surface area contributed by atoms with Crippen molar-refractivity contribution < 1.29 is 78.2 Å². The summed E-state index contributed by atoms with van der Waals surface area (Å²) in [4.78, 5) is 0. The molecule has 0 heterocycles. The summed E-state index contributed by atoms with van der Waals surface area (Å²) in [5, 5.41) is 0. The van der Waals surface area contributed by atoms with Crippen LogP contribution in [0, 0.1) is 5.82 Å². The minimum atomic E-state index is -5.19. The summed E-state index contributed by atoms with van der Waals surface area (Å²) >= 11 is 0. The van der Waals surface area contributed by atoms with E-state index in [-0.39, 0.29) is 58.0 Å². The number of hydrogen-bond acceptors (Lipinski definition) is 2. The van der Waals surface area contributed by atoms with Gasteiger partial charge >= 0.3 is 58.4 Å². The van der Waals surface area contributed by atoms with Gasteiger partial charge < -0.3 is 22.4 Å². The zero-order valence-electron chi connectivity index (χ0n) is 12.2. The van der Waals surface area contributed by atoms with Crippen LogP contribution in [-0.4, -0.2) is 14.1 Å². The fraction of sp³-hybridized carbons (Fsp3) is 0.143. The Bertz CT molecular complexity index is 634. The molecule has 22 heavy (non-hydrogen) atoms. The molecule has 0 bridgehead atoms. The van der Waals surface area contributed by atoms with Gasteiger partial charge in [-0.15, -0.1) is 5.46 Å². The van der Waals surface area contributed by atoms with Gasteiger partial charge in [-0.05, 0) is 18.2 Å². The molecule has 0 aliphatic carbocycles. The molecule has 0 aliphatic rings. The van der Waals surface area contributed by atoms with Crippen molar-refractivity contribution in [1.29, 1.82) is 0 Å². The molecule has 0 saturated heterocycles. The van der Waals surface area contributed by atoms with Crippen molar-refractivity contribution in [3.8, 4) is 11.5 Å². The van der Waals surface area contributed by atoms with Crippen molar-refractivity contribution in [2.75, 3.05) is 7.11 Å². The fourth-order valence-corrected chi connectivity index (χ4v) is 1.81. The van der Waals surface area contributed by atoms with Crippen LogP contribution in [-0.2, 0) is 6.61 Å². The standard InChI is InChI=1S/C14H12BF4O2.K/c1-20-13-5-3-2-4-10(13)9-21-14-8-11(15(17,18)19)6-7-12(14)16;/h2-8H,9H2,1H3;/q-1;+1. The number of methoxy groups -OCH3 is 1. The first-order valence-corrected chi connectivity index (χ1v) is 6.16. The van der Waals surface area contributed by atoms with Gasteiger partial charge in [-0.3, -0.25) is 0 Å². The molecule has 2 aromatic rings. The van der Waals surface area contributed by atoms with E-state index in [0.717, 1.165) is 6.07 Å². The molecule has 0 spiro atoms. The number of para-hydroxylation sites is 1. The molecule has 0 aromatic heterocycles. The van der Waals surface area contributed by atoms with Crippen molar-refractivity contribution >= 4 is 12.4 Å². The third kappa shape index (κ3) is 4.99. The summed E-state index contributed by atoms with van der Waals surface area (Å²) in [5.41, 5.74) is -0.284. The number of halogens is 4. The largest absolute Gasteiger partial charge is 1.00 e. The van der Waals surface area contributed by atoms with Gasteiger partial charge in [0.05, 0.1) is 7.11 Å². The second-order valence-corrected chi connectivity index (χ2v) is 4.37. The Morgan fingerprint density at radius 1 is 1.00 bits per heavy atom. The molecular formula is C14H12BF4KO2. The van der Waals surface area contributed by atoms with Crippen molar-refractivity contribution in [3.05, 3.63) is 53.8 Å². The molecule has 2 nitrogen and oxygen atoms in total. The molecule has 0 radical (unpaired) electrons. The molecule has 0 amide bonds. The Morgan fingerprint density at radius 2 is 1.68 bits per heavy atom. The topological polar surface area (TPSA) is 18.5 Å². The molecule has 0 unspecified atom stereocenters. The zero-order chi connectivity index (χ0) is 15.5. The second kappa shape index (κ2) is 8.35. The van der Waals surface area contributed by atoms with E-state index in [0.29, 0.717) is 23.4 Å². The van der Waals surface area contributed by atoms with Crippen molar-refractivity contribution in [2.45, 2.75) is 6.61 Å². The van der Waals surface area contributed by atoms with E-state index in [2.05, 4.69) is 0 Å². The predicted octanol–water partition coefficient (Wildman–Crippen LogP) is 0.472. The van der Waals surface area contributed by atoms with E-state index in [1.807, 2.05) is 0 Å². The molecule has 0 aliphatic heterocycles. The van der Waals surface area contributed by atoms with Gasteiger partial charge in [0.2, 0.25) is 0 Å². The molecule has 2 aromatic carbocycles. The van der Waals surface area contributed by atoms with Gasteiger partial charge in [0.25, 0.3) is 0 Å². The minimum Gasteiger partial charge on any atom is -0.496 e. The first-order valence-electron chi connectivity index (χ1n) is 6.16. The summed E-state index contributed by atoms with van der Waals surface area (Å²) < 4.78 is 61.7. The average molecular weight is 338 g/mol. The maximum absolute atomic E-state index is 13.5. The monoisotopic (exact) mass is 338 g/mol. The van der Waals surface area contributed by atoms with Crippen molar-refractivity contribution in [2.24, 2.45) is 0 Å². The fourth-order valence-electron chi connectivity index (χ4n) is 1.81. The maximum atomic E-state index is 13.5. The van der Waals surface area contributed by atoms with E-state index in [9.17, 15) is 17.3 Å². The summed E-state index contributed by atoms with van der Waals surface area (Å²) in [5.74, 6) is -0.750. The van der Waals surface area contributed by atoms with E-state index in [1.165, 1.54) is 7.11 Å². The third-order valence-electron chi connectivity index (χ3n) is 2.91. The van der Waals surface area contributed by atoms with Crippen LogP contribution in [0.15, 0.2) is 42.5 Å². The molecule has 0 fully saturated rings. The van der Waals surface area contributed by atoms with Crippen molar-refractivity contribution in [1.82, 2.24) is 0 Å². The van der Waals surface area contributed by atoms with Crippen molar-refractivity contribution in [3.63, 3.8) is 0 Å². The van der Waals surface area contributed by atoms with Crippen LogP contribution in [0.1, 0.15) is 5.56 Å². The average Bonchev–Trinajstić information content (AvgIpc) is 2.45. The summed E-state index contributed by atoms with van der Waals surface area (Å²) in [6.07, 6.45) is 0. The molecule has 0 atom stereocenters. The quantitative estimate of drug-likeness (QED) is 0.583. The van der Waals surface area contributed by atoms with E-state index in [1.54, 1.807) is 24.3 Å². The number of ether oxygens (including phenoxy) is 2. The Morgan fingerprint density at radius 3 is 2.32 bits per heavy atom. The second-order valence-electron chi connectivity index (χ2n) is 4.37. The molecule has 0 saturated carbocycles. The first kappa shape index (κ1) is 19.5. The van der Waals surface area contributed by atoms with Crippen LogP contribution in [0.25, 0.3) is 0 Å². The van der Waals surface area contributed by atoms with Crippen LogP contribution in [0.4, 0.5) is 17.3 Å².